The molecule has 2 rings (SSSR count). The lowest BCUT2D eigenvalue weighted by Crippen LogP contribution is -2.14. The number of nitrogens with zero attached hydrogens (tertiary/aromatic N) is 2. The normalized spacial score (nSPS) is 12.1. The summed E-state index contributed by atoms with van der Waals surface area (Å²) in [4.78, 5) is 4.06. The number of rotatable bonds is 7. The quantitative estimate of drug-likeness (QED) is 0.765. The van der Waals surface area contributed by atoms with Gasteiger partial charge in [-0.25, -0.2) is 4.98 Å². The molecular formula is C16H21N3. The van der Waals surface area contributed by atoms with E-state index in [2.05, 4.69) is 52.6 Å². The van der Waals surface area contributed by atoms with Gasteiger partial charge in [-0.2, -0.15) is 0 Å². The van der Waals surface area contributed by atoms with Crippen LogP contribution in [0.25, 0.3) is 0 Å². The van der Waals surface area contributed by atoms with E-state index in [1.807, 2.05) is 18.6 Å². The largest absolute Gasteiger partial charge is 0.383 e. The number of anilines is 1. The van der Waals surface area contributed by atoms with Crippen LogP contribution >= 0.6 is 0 Å². The summed E-state index contributed by atoms with van der Waals surface area (Å²) in [6.07, 6.45) is 9.74. The highest BCUT2D eigenvalue weighted by atomic mass is 15.0. The van der Waals surface area contributed by atoms with Crippen molar-refractivity contribution in [1.29, 1.82) is 0 Å². The van der Waals surface area contributed by atoms with Crippen LogP contribution in [0.15, 0.2) is 55.6 Å². The van der Waals surface area contributed by atoms with Crippen molar-refractivity contribution in [3.63, 3.8) is 0 Å². The molecule has 0 aliphatic carbocycles. The molecule has 100 valence electrons. The first-order chi connectivity index (χ1) is 9.28. The van der Waals surface area contributed by atoms with Crippen molar-refractivity contribution >= 4 is 5.69 Å². The number of hydrogen-bond acceptors (Lipinski definition) is 2. The predicted octanol–water partition coefficient (Wildman–Crippen LogP) is 3.70. The van der Waals surface area contributed by atoms with Gasteiger partial charge in [0.2, 0.25) is 0 Å². The monoisotopic (exact) mass is 255 g/mol. The molecular weight excluding hydrogens is 234 g/mol. The van der Waals surface area contributed by atoms with Crippen molar-refractivity contribution in [1.82, 2.24) is 9.55 Å². The minimum atomic E-state index is 0.460. The molecule has 1 aromatic carbocycles. The van der Waals surface area contributed by atoms with Crippen LogP contribution in [0.5, 0.6) is 0 Å². The Bertz CT molecular complexity index is 502. The fourth-order valence-corrected chi connectivity index (χ4v) is 2.08. The fourth-order valence-electron chi connectivity index (χ4n) is 2.08. The van der Waals surface area contributed by atoms with Crippen molar-refractivity contribution in [2.45, 2.75) is 32.4 Å². The number of allylic oxidation sites excluding steroid dienone is 1. The number of nitrogens with one attached hydrogen (secondary N) is 1. The molecule has 0 spiro atoms. The molecule has 1 unspecified atom stereocenters. The van der Waals surface area contributed by atoms with Gasteiger partial charge in [0.25, 0.3) is 0 Å². The number of hydrogen-bond donors (Lipinski definition) is 1. The molecule has 0 saturated carbocycles. The summed E-state index contributed by atoms with van der Waals surface area (Å²) in [5.41, 5.74) is 2.45. The second-order valence-corrected chi connectivity index (χ2v) is 4.85. The SMILES string of the molecule is C=CCCC(C)Nc1cccc(Cn2ccnc2)c1. The van der Waals surface area contributed by atoms with Crippen molar-refractivity contribution in [2.24, 2.45) is 0 Å². The Morgan fingerprint density at radius 2 is 2.37 bits per heavy atom. The average Bonchev–Trinajstić information content (AvgIpc) is 2.89. The van der Waals surface area contributed by atoms with E-state index in [1.54, 1.807) is 6.20 Å². The van der Waals surface area contributed by atoms with Crippen LogP contribution in [0.2, 0.25) is 0 Å². The third kappa shape index (κ3) is 4.28. The molecule has 0 fully saturated rings. The van der Waals surface area contributed by atoms with E-state index < -0.39 is 0 Å². The van der Waals surface area contributed by atoms with Gasteiger partial charge in [0.05, 0.1) is 6.33 Å². The van der Waals surface area contributed by atoms with Crippen LogP contribution in [-0.2, 0) is 6.54 Å². The molecule has 1 heterocycles. The second-order valence-electron chi connectivity index (χ2n) is 4.85. The lowest BCUT2D eigenvalue weighted by Gasteiger charge is -2.15. The minimum Gasteiger partial charge on any atom is -0.383 e. The number of aromatic nitrogens is 2. The highest BCUT2D eigenvalue weighted by molar-refractivity contribution is 5.46. The molecule has 3 nitrogen and oxygen atoms in total. The van der Waals surface area contributed by atoms with Gasteiger partial charge >= 0.3 is 0 Å². The topological polar surface area (TPSA) is 29.9 Å². The van der Waals surface area contributed by atoms with E-state index in [-0.39, 0.29) is 0 Å². The zero-order valence-electron chi connectivity index (χ0n) is 11.4. The summed E-state index contributed by atoms with van der Waals surface area (Å²) < 4.78 is 2.07. The van der Waals surface area contributed by atoms with E-state index in [1.165, 1.54) is 11.3 Å². The maximum atomic E-state index is 4.06. The highest BCUT2D eigenvalue weighted by Gasteiger charge is 2.02. The maximum Gasteiger partial charge on any atom is 0.0949 e. The predicted molar refractivity (Wildman–Crippen MR) is 80.3 cm³/mol. The van der Waals surface area contributed by atoms with Crippen LogP contribution < -0.4 is 5.32 Å². The van der Waals surface area contributed by atoms with Crippen LogP contribution in [0.4, 0.5) is 5.69 Å². The molecule has 1 N–H and O–H groups in total. The van der Waals surface area contributed by atoms with E-state index in [4.69, 9.17) is 0 Å². The fraction of sp³-hybridized carbons (Fsp3) is 0.312. The zero-order valence-corrected chi connectivity index (χ0v) is 11.4. The molecule has 0 bridgehead atoms. The highest BCUT2D eigenvalue weighted by Crippen LogP contribution is 2.14. The molecule has 0 aliphatic heterocycles. The third-order valence-electron chi connectivity index (χ3n) is 3.07. The maximum absolute atomic E-state index is 4.06. The van der Waals surface area contributed by atoms with Gasteiger partial charge in [-0.1, -0.05) is 18.2 Å². The van der Waals surface area contributed by atoms with Gasteiger partial charge in [-0.05, 0) is 37.5 Å². The van der Waals surface area contributed by atoms with Crippen LogP contribution in [-0.4, -0.2) is 15.6 Å². The van der Waals surface area contributed by atoms with E-state index in [0.29, 0.717) is 6.04 Å². The molecule has 1 aromatic heterocycles. The van der Waals surface area contributed by atoms with Gasteiger partial charge in [0, 0.05) is 30.7 Å². The minimum absolute atomic E-state index is 0.460. The van der Waals surface area contributed by atoms with Crippen molar-refractivity contribution in [3.8, 4) is 0 Å². The summed E-state index contributed by atoms with van der Waals surface area (Å²) in [7, 11) is 0. The molecule has 0 saturated heterocycles. The van der Waals surface area contributed by atoms with Gasteiger partial charge in [0.1, 0.15) is 0 Å². The summed E-state index contributed by atoms with van der Waals surface area (Å²) in [5.74, 6) is 0. The van der Waals surface area contributed by atoms with Gasteiger partial charge in [0.15, 0.2) is 0 Å². The standard InChI is InChI=1S/C16H21N3/c1-3-4-6-14(2)18-16-8-5-7-15(11-16)12-19-10-9-17-13-19/h3,5,7-11,13-14,18H,1,4,6,12H2,2H3. The van der Waals surface area contributed by atoms with E-state index in [9.17, 15) is 0 Å². The first kappa shape index (κ1) is 13.4. The molecule has 0 amide bonds. The molecule has 3 heteroatoms. The Morgan fingerprint density at radius 3 is 3.11 bits per heavy atom. The smallest absolute Gasteiger partial charge is 0.0949 e. The van der Waals surface area contributed by atoms with Crippen molar-refractivity contribution < 1.29 is 0 Å². The summed E-state index contributed by atoms with van der Waals surface area (Å²) in [6, 6.07) is 9.00. The van der Waals surface area contributed by atoms with Gasteiger partial charge < -0.3 is 9.88 Å². The van der Waals surface area contributed by atoms with E-state index in [0.717, 1.165) is 19.4 Å². The van der Waals surface area contributed by atoms with Crippen LogP contribution in [0.1, 0.15) is 25.3 Å². The first-order valence-corrected chi connectivity index (χ1v) is 6.70. The average molecular weight is 255 g/mol. The van der Waals surface area contributed by atoms with Crippen molar-refractivity contribution in [2.75, 3.05) is 5.32 Å². The van der Waals surface area contributed by atoms with Gasteiger partial charge in [-0.15, -0.1) is 6.58 Å². The first-order valence-electron chi connectivity index (χ1n) is 6.70. The lowest BCUT2D eigenvalue weighted by atomic mass is 10.1. The molecule has 2 aromatic rings. The second kappa shape index (κ2) is 6.78. The summed E-state index contributed by atoms with van der Waals surface area (Å²) >= 11 is 0. The molecule has 0 radical (unpaired) electrons. The molecule has 19 heavy (non-hydrogen) atoms. The van der Waals surface area contributed by atoms with Crippen molar-refractivity contribution in [3.05, 3.63) is 61.2 Å². The Hall–Kier alpha value is -2.03. The number of imidazole rings is 1. The Labute approximate surface area is 115 Å². The van der Waals surface area contributed by atoms with E-state index >= 15 is 0 Å². The summed E-state index contributed by atoms with van der Waals surface area (Å²) in [6.45, 7) is 6.82. The molecule has 1 atom stereocenters. The third-order valence-corrected chi connectivity index (χ3v) is 3.07. The Kier molecular flexibility index (Phi) is 4.78. The number of benzene rings is 1. The lowest BCUT2D eigenvalue weighted by molar-refractivity contribution is 0.718. The van der Waals surface area contributed by atoms with Crippen LogP contribution in [0.3, 0.4) is 0 Å². The van der Waals surface area contributed by atoms with Crippen LogP contribution in [0, 0.1) is 0 Å². The molecule has 0 aliphatic rings. The summed E-state index contributed by atoms with van der Waals surface area (Å²) in [5, 5.41) is 3.52. The Morgan fingerprint density at radius 1 is 1.47 bits per heavy atom. The zero-order chi connectivity index (χ0) is 13.5. The Balaban J connectivity index is 1.96. The van der Waals surface area contributed by atoms with Gasteiger partial charge in [-0.3, -0.25) is 0 Å².